The highest BCUT2D eigenvalue weighted by atomic mass is 32.2. The van der Waals surface area contributed by atoms with Gasteiger partial charge in [0, 0.05) is 18.3 Å². The zero-order chi connectivity index (χ0) is 21.9. The summed E-state index contributed by atoms with van der Waals surface area (Å²) < 4.78 is 0. The third-order valence-corrected chi connectivity index (χ3v) is 6.19. The molecule has 0 heterocycles. The van der Waals surface area contributed by atoms with Gasteiger partial charge in [0.05, 0.1) is 5.75 Å². The van der Waals surface area contributed by atoms with Crippen LogP contribution in [0.2, 0.25) is 0 Å². The van der Waals surface area contributed by atoms with Gasteiger partial charge < -0.3 is 10.2 Å². The number of benzene rings is 2. The molecule has 0 aliphatic carbocycles. The molecule has 0 aromatic heterocycles. The normalized spacial score (nSPS) is 12.8. The molecule has 2 atom stereocenters. The highest BCUT2D eigenvalue weighted by Gasteiger charge is 2.29. The van der Waals surface area contributed by atoms with E-state index in [4.69, 9.17) is 0 Å². The van der Waals surface area contributed by atoms with Crippen molar-refractivity contribution in [3.63, 3.8) is 0 Å². The number of carbonyl (C=O) groups excluding carboxylic acids is 2. The van der Waals surface area contributed by atoms with E-state index < -0.39 is 6.04 Å². The lowest BCUT2D eigenvalue weighted by atomic mass is 10.1. The summed E-state index contributed by atoms with van der Waals surface area (Å²) >= 11 is 1.59. The molecule has 0 aliphatic heterocycles. The van der Waals surface area contributed by atoms with Crippen LogP contribution in [0.15, 0.2) is 54.6 Å². The summed E-state index contributed by atoms with van der Waals surface area (Å²) in [6.45, 7) is 8.51. The Morgan fingerprint density at radius 1 is 0.967 bits per heavy atom. The standard InChI is InChI=1S/C25H34N2O2S/c1-5-20(4)26-25(29)23(6-2)27(16-21-10-8-7-9-11-21)24(28)18-30-17-22-14-12-19(3)13-15-22/h7-15,20,23H,5-6,16-18H2,1-4H3,(H,26,29)/t20-,23+/m0/s1. The van der Waals surface area contributed by atoms with Gasteiger partial charge in [-0.1, -0.05) is 74.0 Å². The zero-order valence-corrected chi connectivity index (χ0v) is 19.4. The van der Waals surface area contributed by atoms with Gasteiger partial charge in [-0.3, -0.25) is 9.59 Å². The molecule has 0 aliphatic rings. The lowest BCUT2D eigenvalue weighted by molar-refractivity contribution is -0.139. The van der Waals surface area contributed by atoms with Gasteiger partial charge in [-0.2, -0.15) is 0 Å². The molecule has 162 valence electrons. The predicted molar refractivity (Wildman–Crippen MR) is 126 cm³/mol. The average molecular weight is 427 g/mol. The van der Waals surface area contributed by atoms with Crippen molar-refractivity contribution in [1.82, 2.24) is 10.2 Å². The maximum absolute atomic E-state index is 13.2. The van der Waals surface area contributed by atoms with E-state index in [-0.39, 0.29) is 17.9 Å². The third kappa shape index (κ3) is 7.52. The first kappa shape index (κ1) is 24.0. The van der Waals surface area contributed by atoms with Gasteiger partial charge >= 0.3 is 0 Å². The Labute approximate surface area is 185 Å². The number of aryl methyl sites for hydroxylation is 1. The monoisotopic (exact) mass is 426 g/mol. The molecule has 2 amide bonds. The van der Waals surface area contributed by atoms with E-state index in [0.717, 1.165) is 17.7 Å². The van der Waals surface area contributed by atoms with Gasteiger partial charge in [0.25, 0.3) is 0 Å². The molecule has 2 aromatic carbocycles. The second kappa shape index (κ2) is 12.4. The van der Waals surface area contributed by atoms with Crippen LogP contribution < -0.4 is 5.32 Å². The van der Waals surface area contributed by atoms with Crippen molar-refractivity contribution in [2.75, 3.05) is 5.75 Å². The number of carbonyl (C=O) groups is 2. The summed E-state index contributed by atoms with van der Waals surface area (Å²) in [5.41, 5.74) is 3.46. The highest BCUT2D eigenvalue weighted by molar-refractivity contribution is 7.99. The van der Waals surface area contributed by atoms with Crippen molar-refractivity contribution in [3.8, 4) is 0 Å². The van der Waals surface area contributed by atoms with E-state index in [1.54, 1.807) is 16.7 Å². The molecule has 0 radical (unpaired) electrons. The number of thioether (sulfide) groups is 1. The van der Waals surface area contributed by atoms with E-state index in [9.17, 15) is 9.59 Å². The third-order valence-electron chi connectivity index (χ3n) is 5.20. The summed E-state index contributed by atoms with van der Waals surface area (Å²) in [5, 5.41) is 3.05. The minimum Gasteiger partial charge on any atom is -0.352 e. The van der Waals surface area contributed by atoms with Gasteiger partial charge in [-0.15, -0.1) is 11.8 Å². The Balaban J connectivity index is 2.09. The summed E-state index contributed by atoms with van der Waals surface area (Å²) in [5.74, 6) is 1.07. The van der Waals surface area contributed by atoms with E-state index in [1.165, 1.54) is 11.1 Å². The fraction of sp³-hybridized carbons (Fsp3) is 0.440. The van der Waals surface area contributed by atoms with E-state index in [2.05, 4.69) is 36.5 Å². The first-order valence-electron chi connectivity index (χ1n) is 10.7. The molecule has 0 bridgehead atoms. The molecule has 0 saturated carbocycles. The van der Waals surface area contributed by atoms with Crippen molar-refractivity contribution < 1.29 is 9.59 Å². The summed E-state index contributed by atoms with van der Waals surface area (Å²) in [4.78, 5) is 27.8. The van der Waals surface area contributed by atoms with Crippen LogP contribution in [0.3, 0.4) is 0 Å². The summed E-state index contributed by atoms with van der Waals surface area (Å²) in [7, 11) is 0. The van der Waals surface area contributed by atoms with Gasteiger partial charge in [0.2, 0.25) is 11.8 Å². The van der Waals surface area contributed by atoms with E-state index >= 15 is 0 Å². The maximum Gasteiger partial charge on any atom is 0.243 e. The fourth-order valence-corrected chi connectivity index (χ4v) is 4.03. The molecule has 0 saturated heterocycles. The summed E-state index contributed by atoms with van der Waals surface area (Å²) in [6, 6.07) is 17.9. The Morgan fingerprint density at radius 3 is 2.23 bits per heavy atom. The number of hydrogen-bond acceptors (Lipinski definition) is 3. The largest absolute Gasteiger partial charge is 0.352 e. The Hall–Kier alpha value is -2.27. The molecule has 5 heteroatoms. The molecular weight excluding hydrogens is 392 g/mol. The van der Waals surface area contributed by atoms with Crippen molar-refractivity contribution in [2.24, 2.45) is 0 Å². The second-order valence-electron chi connectivity index (χ2n) is 7.73. The van der Waals surface area contributed by atoms with Gasteiger partial charge in [-0.25, -0.2) is 0 Å². The van der Waals surface area contributed by atoms with Crippen LogP contribution in [0, 0.1) is 6.92 Å². The Bertz CT molecular complexity index is 793. The fourth-order valence-electron chi connectivity index (χ4n) is 3.16. The molecule has 30 heavy (non-hydrogen) atoms. The van der Waals surface area contributed by atoms with Crippen molar-refractivity contribution >= 4 is 23.6 Å². The average Bonchev–Trinajstić information content (AvgIpc) is 2.75. The number of rotatable bonds is 11. The Morgan fingerprint density at radius 2 is 1.63 bits per heavy atom. The molecule has 4 nitrogen and oxygen atoms in total. The quantitative estimate of drug-likeness (QED) is 0.553. The number of amides is 2. The van der Waals surface area contributed by atoms with Crippen LogP contribution in [-0.4, -0.2) is 34.6 Å². The molecular formula is C25H34N2O2S. The van der Waals surface area contributed by atoms with Gasteiger partial charge in [0.1, 0.15) is 6.04 Å². The van der Waals surface area contributed by atoms with Crippen molar-refractivity contribution in [2.45, 2.75) is 64.9 Å². The van der Waals surface area contributed by atoms with Crippen LogP contribution in [-0.2, 0) is 21.9 Å². The van der Waals surface area contributed by atoms with Crippen LogP contribution >= 0.6 is 11.8 Å². The maximum atomic E-state index is 13.2. The lowest BCUT2D eigenvalue weighted by Crippen LogP contribution is -2.51. The number of hydrogen-bond donors (Lipinski definition) is 1. The topological polar surface area (TPSA) is 49.4 Å². The lowest BCUT2D eigenvalue weighted by Gasteiger charge is -2.31. The first-order chi connectivity index (χ1) is 14.4. The van der Waals surface area contributed by atoms with Gasteiger partial charge in [0.15, 0.2) is 0 Å². The van der Waals surface area contributed by atoms with Crippen LogP contribution in [0.5, 0.6) is 0 Å². The van der Waals surface area contributed by atoms with E-state index in [1.807, 2.05) is 51.1 Å². The van der Waals surface area contributed by atoms with Crippen molar-refractivity contribution in [3.05, 3.63) is 71.3 Å². The molecule has 0 unspecified atom stereocenters. The smallest absolute Gasteiger partial charge is 0.243 e. The van der Waals surface area contributed by atoms with Crippen LogP contribution in [0.25, 0.3) is 0 Å². The molecule has 0 spiro atoms. The number of nitrogens with zero attached hydrogens (tertiary/aromatic N) is 1. The molecule has 1 N–H and O–H groups in total. The first-order valence-corrected chi connectivity index (χ1v) is 11.9. The molecule has 0 fully saturated rings. The van der Waals surface area contributed by atoms with Crippen LogP contribution in [0.1, 0.15) is 50.3 Å². The zero-order valence-electron chi connectivity index (χ0n) is 18.6. The van der Waals surface area contributed by atoms with Crippen LogP contribution in [0.4, 0.5) is 0 Å². The minimum atomic E-state index is -0.466. The highest BCUT2D eigenvalue weighted by Crippen LogP contribution is 2.18. The molecule has 2 rings (SSSR count). The second-order valence-corrected chi connectivity index (χ2v) is 8.71. The van der Waals surface area contributed by atoms with E-state index in [0.29, 0.717) is 18.7 Å². The minimum absolute atomic E-state index is 0.00196. The SMILES string of the molecule is CC[C@H](C(=O)N[C@@H](C)CC)N(Cc1ccccc1)C(=O)CSCc1ccc(C)cc1. The number of nitrogens with one attached hydrogen (secondary N) is 1. The summed E-state index contributed by atoms with van der Waals surface area (Å²) in [6.07, 6.45) is 1.45. The molecule has 2 aromatic rings. The van der Waals surface area contributed by atoms with Crippen molar-refractivity contribution in [1.29, 1.82) is 0 Å². The predicted octanol–water partition coefficient (Wildman–Crippen LogP) is 4.95. The Kier molecular flexibility index (Phi) is 9.95. The van der Waals surface area contributed by atoms with Gasteiger partial charge in [-0.05, 0) is 37.8 Å².